The number of pyridine rings is 1. The van der Waals surface area contributed by atoms with E-state index in [0.717, 1.165) is 24.9 Å². The Kier molecular flexibility index (Phi) is 3.99. The van der Waals surface area contributed by atoms with Crippen molar-refractivity contribution in [2.45, 2.75) is 44.2 Å². The number of aromatic nitrogens is 1. The fraction of sp³-hybridized carbons (Fsp3) is 0.471. The van der Waals surface area contributed by atoms with Crippen molar-refractivity contribution < 1.29 is 5.11 Å². The largest absolute Gasteiger partial charge is 0.394 e. The molecule has 1 aromatic carbocycles. The van der Waals surface area contributed by atoms with Crippen LogP contribution in [0.2, 0.25) is 0 Å². The van der Waals surface area contributed by atoms with E-state index in [9.17, 15) is 5.11 Å². The van der Waals surface area contributed by atoms with Crippen molar-refractivity contribution in [2.75, 3.05) is 6.61 Å². The molecule has 1 fully saturated rings. The summed E-state index contributed by atoms with van der Waals surface area (Å²) in [6, 6.07) is 10.4. The SMILES string of the molecule is OCC1(NCc2ccc3ncccc3c2)CCCCC1. The highest BCUT2D eigenvalue weighted by molar-refractivity contribution is 5.78. The molecular formula is C17H22N2O. The van der Waals surface area contributed by atoms with Gasteiger partial charge in [-0.05, 0) is 36.6 Å². The number of rotatable bonds is 4. The van der Waals surface area contributed by atoms with Crippen LogP contribution in [-0.4, -0.2) is 22.2 Å². The molecule has 1 heterocycles. The third-order valence-corrected chi connectivity index (χ3v) is 4.45. The van der Waals surface area contributed by atoms with Crippen LogP contribution in [0.4, 0.5) is 0 Å². The lowest BCUT2D eigenvalue weighted by atomic mass is 9.82. The normalized spacial score (nSPS) is 18.2. The van der Waals surface area contributed by atoms with E-state index in [1.165, 1.54) is 30.2 Å². The highest BCUT2D eigenvalue weighted by Gasteiger charge is 2.30. The summed E-state index contributed by atoms with van der Waals surface area (Å²) in [5, 5.41) is 14.5. The first-order valence-corrected chi connectivity index (χ1v) is 7.51. The number of fused-ring (bicyclic) bond motifs is 1. The second kappa shape index (κ2) is 5.90. The average molecular weight is 270 g/mol. The van der Waals surface area contributed by atoms with Crippen molar-refractivity contribution in [2.24, 2.45) is 0 Å². The zero-order chi connectivity index (χ0) is 13.8. The zero-order valence-electron chi connectivity index (χ0n) is 11.8. The minimum Gasteiger partial charge on any atom is -0.394 e. The molecule has 0 spiro atoms. The molecule has 1 aliphatic rings. The Morgan fingerprint density at radius 1 is 1.15 bits per heavy atom. The van der Waals surface area contributed by atoms with E-state index in [0.29, 0.717) is 0 Å². The van der Waals surface area contributed by atoms with Gasteiger partial charge in [0.1, 0.15) is 0 Å². The molecular weight excluding hydrogens is 248 g/mol. The number of benzene rings is 1. The quantitative estimate of drug-likeness (QED) is 0.897. The van der Waals surface area contributed by atoms with Crippen molar-refractivity contribution >= 4 is 10.9 Å². The van der Waals surface area contributed by atoms with Crippen molar-refractivity contribution in [1.29, 1.82) is 0 Å². The molecule has 0 saturated heterocycles. The molecule has 0 amide bonds. The van der Waals surface area contributed by atoms with E-state index < -0.39 is 0 Å². The van der Waals surface area contributed by atoms with Crippen LogP contribution in [0.1, 0.15) is 37.7 Å². The molecule has 3 nitrogen and oxygen atoms in total. The van der Waals surface area contributed by atoms with Gasteiger partial charge < -0.3 is 10.4 Å². The van der Waals surface area contributed by atoms with Gasteiger partial charge >= 0.3 is 0 Å². The van der Waals surface area contributed by atoms with E-state index in [1.807, 2.05) is 12.3 Å². The van der Waals surface area contributed by atoms with Crippen LogP contribution in [0.3, 0.4) is 0 Å². The molecule has 3 heteroatoms. The molecule has 0 radical (unpaired) electrons. The van der Waals surface area contributed by atoms with Gasteiger partial charge in [0.2, 0.25) is 0 Å². The van der Waals surface area contributed by atoms with Gasteiger partial charge in [-0.2, -0.15) is 0 Å². The van der Waals surface area contributed by atoms with Gasteiger partial charge in [0.05, 0.1) is 12.1 Å². The minimum absolute atomic E-state index is 0.0673. The summed E-state index contributed by atoms with van der Waals surface area (Å²) in [5.74, 6) is 0. The first kappa shape index (κ1) is 13.5. The molecule has 1 aromatic heterocycles. The van der Waals surface area contributed by atoms with E-state index in [1.54, 1.807) is 0 Å². The van der Waals surface area contributed by atoms with Crippen molar-refractivity contribution in [3.63, 3.8) is 0 Å². The molecule has 1 aliphatic carbocycles. The molecule has 106 valence electrons. The van der Waals surface area contributed by atoms with Crippen LogP contribution >= 0.6 is 0 Å². The molecule has 0 bridgehead atoms. The molecule has 2 N–H and O–H groups in total. The lowest BCUT2D eigenvalue weighted by molar-refractivity contribution is 0.119. The predicted molar refractivity (Wildman–Crippen MR) is 81.5 cm³/mol. The summed E-state index contributed by atoms with van der Waals surface area (Å²) >= 11 is 0. The fourth-order valence-electron chi connectivity index (χ4n) is 3.14. The molecule has 3 rings (SSSR count). The van der Waals surface area contributed by atoms with Crippen LogP contribution in [-0.2, 0) is 6.54 Å². The molecule has 20 heavy (non-hydrogen) atoms. The minimum atomic E-state index is -0.0673. The molecule has 1 saturated carbocycles. The Bertz CT molecular complexity index is 576. The van der Waals surface area contributed by atoms with Gasteiger partial charge in [0.25, 0.3) is 0 Å². The maximum Gasteiger partial charge on any atom is 0.0702 e. The monoisotopic (exact) mass is 270 g/mol. The Morgan fingerprint density at radius 3 is 2.80 bits per heavy atom. The Labute approximate surface area is 120 Å². The van der Waals surface area contributed by atoms with E-state index >= 15 is 0 Å². The van der Waals surface area contributed by atoms with Crippen LogP contribution in [0, 0.1) is 0 Å². The smallest absolute Gasteiger partial charge is 0.0702 e. The Hall–Kier alpha value is -1.45. The topological polar surface area (TPSA) is 45.1 Å². The van der Waals surface area contributed by atoms with Gasteiger partial charge in [-0.3, -0.25) is 4.98 Å². The van der Waals surface area contributed by atoms with Crippen LogP contribution in [0.5, 0.6) is 0 Å². The highest BCUT2D eigenvalue weighted by Crippen LogP contribution is 2.28. The average Bonchev–Trinajstić information content (AvgIpc) is 2.54. The number of hydrogen-bond donors (Lipinski definition) is 2. The molecule has 0 aliphatic heterocycles. The van der Waals surface area contributed by atoms with Crippen LogP contribution < -0.4 is 5.32 Å². The molecule has 0 unspecified atom stereocenters. The highest BCUT2D eigenvalue weighted by atomic mass is 16.3. The Balaban J connectivity index is 1.72. The number of aliphatic hydroxyl groups excluding tert-OH is 1. The van der Waals surface area contributed by atoms with Crippen LogP contribution in [0.25, 0.3) is 10.9 Å². The zero-order valence-corrected chi connectivity index (χ0v) is 11.8. The number of hydrogen-bond acceptors (Lipinski definition) is 3. The fourth-order valence-corrected chi connectivity index (χ4v) is 3.14. The summed E-state index contributed by atoms with van der Waals surface area (Å²) in [6.45, 7) is 1.05. The van der Waals surface area contributed by atoms with Crippen LogP contribution in [0.15, 0.2) is 36.5 Å². The third-order valence-electron chi connectivity index (χ3n) is 4.45. The molecule has 2 aromatic rings. The van der Waals surface area contributed by atoms with Crippen molar-refractivity contribution in [3.8, 4) is 0 Å². The standard InChI is InChI=1S/C17H22N2O/c20-13-17(8-2-1-3-9-17)19-12-14-6-7-16-15(11-14)5-4-10-18-16/h4-7,10-11,19-20H,1-3,8-9,12-13H2. The van der Waals surface area contributed by atoms with E-state index in [4.69, 9.17) is 0 Å². The summed E-state index contributed by atoms with van der Waals surface area (Å²) < 4.78 is 0. The summed E-state index contributed by atoms with van der Waals surface area (Å²) in [6.07, 6.45) is 7.72. The van der Waals surface area contributed by atoms with E-state index in [2.05, 4.69) is 34.6 Å². The van der Waals surface area contributed by atoms with Gasteiger partial charge in [-0.15, -0.1) is 0 Å². The summed E-state index contributed by atoms with van der Waals surface area (Å²) in [7, 11) is 0. The van der Waals surface area contributed by atoms with Gasteiger partial charge in [-0.25, -0.2) is 0 Å². The third kappa shape index (κ3) is 2.84. The summed E-state index contributed by atoms with van der Waals surface area (Å²) in [4.78, 5) is 4.34. The Morgan fingerprint density at radius 2 is 2.00 bits per heavy atom. The first-order chi connectivity index (χ1) is 9.81. The predicted octanol–water partition coefficient (Wildman–Crippen LogP) is 3.02. The first-order valence-electron chi connectivity index (χ1n) is 7.51. The van der Waals surface area contributed by atoms with Crippen molar-refractivity contribution in [1.82, 2.24) is 10.3 Å². The summed E-state index contributed by atoms with van der Waals surface area (Å²) in [5.41, 5.74) is 2.22. The maximum atomic E-state index is 9.72. The number of nitrogens with one attached hydrogen (secondary N) is 1. The van der Waals surface area contributed by atoms with E-state index in [-0.39, 0.29) is 12.1 Å². The van der Waals surface area contributed by atoms with Gasteiger partial charge in [0.15, 0.2) is 0 Å². The molecule has 0 atom stereocenters. The number of aliphatic hydroxyl groups is 1. The second-order valence-electron chi connectivity index (χ2n) is 5.88. The van der Waals surface area contributed by atoms with Gasteiger partial charge in [-0.1, -0.05) is 31.4 Å². The number of nitrogens with zero attached hydrogens (tertiary/aromatic N) is 1. The lowest BCUT2D eigenvalue weighted by Gasteiger charge is -2.36. The lowest BCUT2D eigenvalue weighted by Crippen LogP contribution is -2.49. The maximum absolute atomic E-state index is 9.72. The van der Waals surface area contributed by atoms with Crippen molar-refractivity contribution in [3.05, 3.63) is 42.1 Å². The van der Waals surface area contributed by atoms with Gasteiger partial charge in [0, 0.05) is 23.7 Å². The second-order valence-corrected chi connectivity index (χ2v) is 5.88.